The molecule has 0 saturated heterocycles. The summed E-state index contributed by atoms with van der Waals surface area (Å²) >= 11 is 14.3. The molecule has 154 valence electrons. The number of halogens is 4. The Bertz CT molecular complexity index is 783. The van der Waals surface area contributed by atoms with Crippen LogP contribution in [0.4, 0.5) is 8.78 Å². The average molecular weight is 452 g/mol. The summed E-state index contributed by atoms with van der Waals surface area (Å²) in [5.74, 6) is -1.48. The van der Waals surface area contributed by atoms with Crippen LogP contribution in [0.5, 0.6) is 0 Å². The van der Waals surface area contributed by atoms with Crippen LogP contribution in [0.25, 0.3) is 0 Å². The number of nitrogens with one attached hydrogen (secondary N) is 1. The lowest BCUT2D eigenvalue weighted by Gasteiger charge is -2.30. The van der Waals surface area contributed by atoms with E-state index in [1.165, 1.54) is 5.01 Å². The van der Waals surface area contributed by atoms with Crippen molar-refractivity contribution < 1.29 is 18.3 Å². The van der Waals surface area contributed by atoms with E-state index in [1.807, 2.05) is 12.1 Å². The van der Waals surface area contributed by atoms with Crippen LogP contribution in [0.2, 0.25) is 5.02 Å². The topological polar surface area (TPSA) is 53.9 Å². The summed E-state index contributed by atoms with van der Waals surface area (Å²) in [6.07, 6.45) is -3.19. The quantitative estimate of drug-likeness (QED) is 0.668. The fraction of sp³-hybridized carbons (Fsp3) is 0.556. The molecule has 5 unspecified atom stereocenters. The Hall–Kier alpha value is -1.09. The van der Waals surface area contributed by atoms with Crippen molar-refractivity contribution in [1.29, 1.82) is 0 Å². The first-order chi connectivity index (χ1) is 13.2. The first-order valence-electron chi connectivity index (χ1n) is 8.74. The summed E-state index contributed by atoms with van der Waals surface area (Å²) in [4.78, 5) is 13.6. The Labute approximate surface area is 176 Å². The van der Waals surface area contributed by atoms with Gasteiger partial charge in [-0.2, -0.15) is 5.10 Å². The molecule has 0 spiro atoms. The van der Waals surface area contributed by atoms with Gasteiger partial charge in [0.15, 0.2) is 0 Å². The van der Waals surface area contributed by atoms with Crippen molar-refractivity contribution in [3.8, 4) is 0 Å². The predicted octanol–water partition coefficient (Wildman–Crippen LogP) is 3.80. The molecule has 0 fully saturated rings. The third kappa shape index (κ3) is 4.25. The van der Waals surface area contributed by atoms with Gasteiger partial charge in [0, 0.05) is 24.1 Å². The molecule has 2 heterocycles. The molecule has 28 heavy (non-hydrogen) atoms. The van der Waals surface area contributed by atoms with E-state index >= 15 is 0 Å². The summed E-state index contributed by atoms with van der Waals surface area (Å²) in [6, 6.07) is 5.10. The molecule has 1 amide bonds. The lowest BCUT2D eigenvalue weighted by atomic mass is 9.99. The normalized spacial score (nSPS) is 26.2. The Kier molecular flexibility index (Phi) is 6.74. The minimum atomic E-state index is -2.77. The van der Waals surface area contributed by atoms with Crippen LogP contribution in [0.1, 0.15) is 17.9 Å². The van der Waals surface area contributed by atoms with Crippen molar-refractivity contribution in [3.63, 3.8) is 0 Å². The van der Waals surface area contributed by atoms with Gasteiger partial charge >= 0.3 is 0 Å². The van der Waals surface area contributed by atoms with Gasteiger partial charge in [0.25, 0.3) is 6.43 Å². The number of carbonyl (C=O) groups is 1. The molecule has 1 aromatic rings. The molecule has 1 aromatic carbocycles. The third-order valence-electron chi connectivity index (χ3n) is 4.91. The van der Waals surface area contributed by atoms with Gasteiger partial charge in [0.05, 0.1) is 29.3 Å². The summed E-state index contributed by atoms with van der Waals surface area (Å²) in [5.41, 5.74) is 0.517. The second-order valence-electron chi connectivity index (χ2n) is 6.88. The van der Waals surface area contributed by atoms with Gasteiger partial charge in [-0.15, -0.1) is 23.4 Å². The third-order valence-corrected chi connectivity index (χ3v) is 7.24. The van der Waals surface area contributed by atoms with E-state index < -0.39 is 36.1 Å². The van der Waals surface area contributed by atoms with E-state index in [0.717, 1.165) is 10.5 Å². The molecular formula is C18H21Cl2F2N3O2S. The van der Waals surface area contributed by atoms with Crippen LogP contribution < -0.4 is 5.32 Å². The Morgan fingerprint density at radius 1 is 1.46 bits per heavy atom. The molecule has 0 radical (unpaired) electrons. The van der Waals surface area contributed by atoms with Gasteiger partial charge in [-0.25, -0.2) is 8.78 Å². The summed E-state index contributed by atoms with van der Waals surface area (Å²) < 4.78 is 32.0. The van der Waals surface area contributed by atoms with Crippen LogP contribution in [-0.2, 0) is 9.53 Å². The minimum Gasteiger partial charge on any atom is -0.378 e. The van der Waals surface area contributed by atoms with Crippen molar-refractivity contribution >= 4 is 46.6 Å². The SMILES string of the molecule is COC(C(C)NC(=O)C1CN(C)N=C1C(F)F)C1Sc2ccc(Cl)cc2C1Cl. The summed E-state index contributed by atoms with van der Waals surface area (Å²) in [7, 11) is 3.11. The second-order valence-corrected chi connectivity index (χ2v) is 9.01. The van der Waals surface area contributed by atoms with Crippen LogP contribution in [0, 0.1) is 5.92 Å². The van der Waals surface area contributed by atoms with Crippen LogP contribution in [0.15, 0.2) is 28.2 Å². The highest BCUT2D eigenvalue weighted by molar-refractivity contribution is 8.00. The highest BCUT2D eigenvalue weighted by Gasteiger charge is 2.42. The number of rotatable bonds is 6. The molecule has 5 nitrogen and oxygen atoms in total. The van der Waals surface area contributed by atoms with Crippen molar-refractivity contribution in [2.45, 2.75) is 41.0 Å². The van der Waals surface area contributed by atoms with Gasteiger partial charge in [-0.1, -0.05) is 11.6 Å². The van der Waals surface area contributed by atoms with Gasteiger partial charge in [-0.3, -0.25) is 9.80 Å². The molecule has 0 aromatic heterocycles. The monoisotopic (exact) mass is 451 g/mol. The minimum absolute atomic E-state index is 0.121. The molecule has 2 aliphatic rings. The lowest BCUT2D eigenvalue weighted by molar-refractivity contribution is -0.124. The largest absolute Gasteiger partial charge is 0.378 e. The average Bonchev–Trinajstić information content (AvgIpc) is 3.17. The number of hydrogen-bond acceptors (Lipinski definition) is 5. The predicted molar refractivity (Wildman–Crippen MR) is 108 cm³/mol. The van der Waals surface area contributed by atoms with E-state index in [2.05, 4.69) is 10.4 Å². The number of nitrogens with zero attached hydrogens (tertiary/aromatic N) is 2. The highest BCUT2D eigenvalue weighted by Crippen LogP contribution is 2.50. The molecule has 2 aliphatic heterocycles. The fourth-order valence-electron chi connectivity index (χ4n) is 3.57. The van der Waals surface area contributed by atoms with Gasteiger partial charge in [0.1, 0.15) is 11.6 Å². The zero-order chi connectivity index (χ0) is 20.6. The zero-order valence-electron chi connectivity index (χ0n) is 15.5. The van der Waals surface area contributed by atoms with Gasteiger partial charge in [-0.05, 0) is 30.7 Å². The molecule has 10 heteroatoms. The van der Waals surface area contributed by atoms with E-state index in [-0.39, 0.29) is 17.2 Å². The first kappa shape index (κ1) is 21.6. The van der Waals surface area contributed by atoms with Crippen molar-refractivity contribution in [2.24, 2.45) is 11.0 Å². The van der Waals surface area contributed by atoms with Crippen LogP contribution in [-0.4, -0.2) is 61.2 Å². The number of thioether (sulfide) groups is 1. The van der Waals surface area contributed by atoms with Crippen molar-refractivity contribution in [1.82, 2.24) is 10.3 Å². The van der Waals surface area contributed by atoms with Gasteiger partial charge in [0.2, 0.25) is 5.91 Å². The van der Waals surface area contributed by atoms with Crippen molar-refractivity contribution in [3.05, 3.63) is 28.8 Å². The number of benzene rings is 1. The number of hydrazone groups is 1. The van der Waals surface area contributed by atoms with Crippen LogP contribution in [0.3, 0.4) is 0 Å². The molecule has 0 bridgehead atoms. The van der Waals surface area contributed by atoms with E-state index in [1.54, 1.807) is 38.9 Å². The summed E-state index contributed by atoms with van der Waals surface area (Å²) in [5, 5.41) is 8.01. The van der Waals surface area contributed by atoms with Crippen LogP contribution >= 0.6 is 35.0 Å². The number of fused-ring (bicyclic) bond motifs is 1. The summed E-state index contributed by atoms with van der Waals surface area (Å²) in [6.45, 7) is 1.90. The molecule has 1 N–H and O–H groups in total. The van der Waals surface area contributed by atoms with E-state index in [9.17, 15) is 13.6 Å². The van der Waals surface area contributed by atoms with E-state index in [0.29, 0.717) is 5.02 Å². The second kappa shape index (κ2) is 8.73. The molecule has 3 rings (SSSR count). The zero-order valence-corrected chi connectivity index (χ0v) is 17.9. The maximum Gasteiger partial charge on any atom is 0.279 e. The Morgan fingerprint density at radius 2 is 2.18 bits per heavy atom. The number of hydrogen-bond donors (Lipinski definition) is 1. The molecule has 0 aliphatic carbocycles. The lowest BCUT2D eigenvalue weighted by Crippen LogP contribution is -2.50. The Morgan fingerprint density at radius 3 is 2.82 bits per heavy atom. The van der Waals surface area contributed by atoms with Gasteiger partial charge < -0.3 is 10.1 Å². The number of alkyl halides is 3. The number of ether oxygens (including phenoxy) is 1. The molecule has 0 saturated carbocycles. The number of methoxy groups -OCH3 is 1. The molecular weight excluding hydrogens is 431 g/mol. The Balaban J connectivity index is 1.70. The fourth-order valence-corrected chi connectivity index (χ4v) is 5.80. The number of amides is 1. The van der Waals surface area contributed by atoms with Crippen molar-refractivity contribution in [2.75, 3.05) is 20.7 Å². The number of carbonyl (C=O) groups excluding carboxylic acids is 1. The maximum atomic E-state index is 13.2. The molecule has 5 atom stereocenters. The first-order valence-corrected chi connectivity index (χ1v) is 10.4. The smallest absolute Gasteiger partial charge is 0.279 e. The van der Waals surface area contributed by atoms with E-state index in [4.69, 9.17) is 27.9 Å². The maximum absolute atomic E-state index is 13.2. The highest BCUT2D eigenvalue weighted by atomic mass is 35.5. The standard InChI is InChI=1S/C18H21Cl2F2N3O2S/c1-8(23-18(26)11-7-25(2)24-14(11)17(21)22)15(27-3)16-13(20)10-6-9(19)4-5-12(10)28-16/h4-6,8,11,13,15-17H,7H2,1-3H3,(H,23,26).